The summed E-state index contributed by atoms with van der Waals surface area (Å²) in [5.41, 5.74) is 0. The second kappa shape index (κ2) is 26.4. The molecule has 1 rings (SSSR count). The minimum Gasteiger partial charge on any atom is -0.462 e. The van der Waals surface area contributed by atoms with Crippen molar-refractivity contribution in [2.75, 3.05) is 13.2 Å². The Kier molecular flexibility index (Phi) is 24.5. The quantitative estimate of drug-likeness (QED) is 0.0280. The van der Waals surface area contributed by atoms with Crippen LogP contribution in [0.5, 0.6) is 0 Å². The molecule has 0 bridgehead atoms. The van der Waals surface area contributed by atoms with Crippen LogP contribution in [0.25, 0.3) is 0 Å². The van der Waals surface area contributed by atoms with E-state index < -0.39 is 75.7 Å². The lowest BCUT2D eigenvalue weighted by atomic mass is 9.85. The largest absolute Gasteiger partial charge is 0.472 e. The summed E-state index contributed by atoms with van der Waals surface area (Å²) in [5.74, 6) is -1.12. The molecule has 0 saturated heterocycles. The standard InChI is InChI=1S/C34H63O13P/c1-3-5-7-9-11-13-14-15-17-18-20-22-27(35)44-24-26(46-28(36)23-21-19-16-12-10-8-6-4-2)25-45-48(42,43)47-34-32(40)30(38)29(37)31(39)33(34)41/h9,11,26,29-34,37-41H,3-8,10,12-25H2,1-2H3,(H,42,43)/b11-9+/t26-,29?,30-,31?,32?,33?,34?/m1/s1. The molecule has 1 aliphatic rings. The number of unbranched alkanes of at least 4 members (excludes halogenated alkanes) is 14. The predicted octanol–water partition coefficient (Wildman–Crippen LogP) is 4.77. The van der Waals surface area contributed by atoms with Crippen molar-refractivity contribution in [3.05, 3.63) is 12.2 Å². The normalized spacial score (nSPS) is 24.8. The molecule has 6 unspecified atom stereocenters. The Labute approximate surface area is 286 Å². The van der Waals surface area contributed by atoms with Crippen molar-refractivity contribution in [1.29, 1.82) is 0 Å². The molecule has 1 fully saturated rings. The van der Waals surface area contributed by atoms with Crippen molar-refractivity contribution >= 4 is 19.8 Å². The summed E-state index contributed by atoms with van der Waals surface area (Å²) >= 11 is 0. The van der Waals surface area contributed by atoms with E-state index in [0.717, 1.165) is 64.2 Å². The number of hydrogen-bond donors (Lipinski definition) is 6. The van der Waals surface area contributed by atoms with Crippen LogP contribution >= 0.6 is 7.82 Å². The average Bonchev–Trinajstić information content (AvgIpc) is 3.06. The van der Waals surface area contributed by atoms with Crippen molar-refractivity contribution in [2.45, 2.75) is 179 Å². The first kappa shape index (κ1) is 44.6. The summed E-state index contributed by atoms with van der Waals surface area (Å²) in [7, 11) is -5.10. The van der Waals surface area contributed by atoms with Gasteiger partial charge in [-0.05, 0) is 32.1 Å². The predicted molar refractivity (Wildman–Crippen MR) is 180 cm³/mol. The third-order valence-electron chi connectivity index (χ3n) is 8.36. The molecule has 48 heavy (non-hydrogen) atoms. The first-order chi connectivity index (χ1) is 22.9. The van der Waals surface area contributed by atoms with E-state index >= 15 is 0 Å². The molecule has 0 spiro atoms. The molecule has 0 aromatic carbocycles. The number of carbonyl (C=O) groups excluding carboxylic acids is 2. The summed E-state index contributed by atoms with van der Waals surface area (Å²) in [5, 5.41) is 49.7. The number of aliphatic hydroxyl groups excluding tert-OH is 5. The molecule has 282 valence electrons. The lowest BCUT2D eigenvalue weighted by molar-refractivity contribution is -0.220. The fraction of sp³-hybridized carbons (Fsp3) is 0.882. The third kappa shape index (κ3) is 19.7. The number of phosphoric ester groups is 1. The molecular formula is C34H63O13P. The first-order valence-electron chi connectivity index (χ1n) is 18.0. The van der Waals surface area contributed by atoms with Gasteiger partial charge in [0.05, 0.1) is 6.61 Å². The van der Waals surface area contributed by atoms with Crippen LogP contribution in [-0.4, -0.2) is 98.3 Å². The fourth-order valence-electron chi connectivity index (χ4n) is 5.32. The van der Waals surface area contributed by atoms with E-state index in [1.54, 1.807) is 0 Å². The number of ether oxygens (including phenoxy) is 2. The Morgan fingerprint density at radius 2 is 1.08 bits per heavy atom. The first-order valence-corrected chi connectivity index (χ1v) is 19.5. The zero-order valence-electron chi connectivity index (χ0n) is 29.0. The zero-order chi connectivity index (χ0) is 35.8. The Hall–Kier alpha value is -1.41. The lowest BCUT2D eigenvalue weighted by Gasteiger charge is -2.41. The topological polar surface area (TPSA) is 210 Å². The molecule has 6 N–H and O–H groups in total. The van der Waals surface area contributed by atoms with E-state index in [0.29, 0.717) is 12.8 Å². The van der Waals surface area contributed by atoms with Gasteiger partial charge in [0.1, 0.15) is 43.2 Å². The summed E-state index contributed by atoms with van der Waals surface area (Å²) in [4.78, 5) is 35.2. The SMILES string of the molecule is CCCC/C=C/CCCCCCCC(=O)OC[C@H](COP(=O)(O)OC1C(O)C(O)C(O)[C@@H](O)C1O)OC(=O)CCCCCCCCCC. The van der Waals surface area contributed by atoms with Crippen LogP contribution in [0, 0.1) is 0 Å². The Bertz CT molecular complexity index is 917. The van der Waals surface area contributed by atoms with Gasteiger partial charge in [0, 0.05) is 12.8 Å². The highest BCUT2D eigenvalue weighted by atomic mass is 31.2. The number of rotatable bonds is 28. The fourth-order valence-corrected chi connectivity index (χ4v) is 6.30. The number of allylic oxidation sites excluding steroid dienone is 2. The molecule has 0 aromatic rings. The summed E-state index contributed by atoms with van der Waals surface area (Å²) in [6.07, 6.45) is 8.95. The van der Waals surface area contributed by atoms with Crippen molar-refractivity contribution in [3.8, 4) is 0 Å². The number of esters is 2. The van der Waals surface area contributed by atoms with Gasteiger partial charge in [-0.25, -0.2) is 4.57 Å². The number of aliphatic hydroxyl groups is 5. The van der Waals surface area contributed by atoms with Crippen molar-refractivity contribution in [3.63, 3.8) is 0 Å². The molecular weight excluding hydrogens is 647 g/mol. The Morgan fingerprint density at radius 1 is 0.625 bits per heavy atom. The van der Waals surface area contributed by atoms with Crippen LogP contribution in [0.2, 0.25) is 0 Å². The van der Waals surface area contributed by atoms with E-state index in [4.69, 9.17) is 18.5 Å². The second-order valence-corrected chi connectivity index (χ2v) is 14.1. The van der Waals surface area contributed by atoms with Crippen LogP contribution in [-0.2, 0) is 32.7 Å². The molecule has 14 heteroatoms. The maximum absolute atomic E-state index is 12.7. The van der Waals surface area contributed by atoms with E-state index in [9.17, 15) is 44.6 Å². The maximum atomic E-state index is 12.7. The molecule has 0 aromatic heterocycles. The van der Waals surface area contributed by atoms with Gasteiger partial charge in [-0.2, -0.15) is 0 Å². The van der Waals surface area contributed by atoms with Gasteiger partial charge < -0.3 is 39.9 Å². The van der Waals surface area contributed by atoms with Crippen LogP contribution in [0.15, 0.2) is 12.2 Å². The van der Waals surface area contributed by atoms with Crippen LogP contribution in [0.1, 0.15) is 136 Å². The monoisotopic (exact) mass is 710 g/mol. The number of carbonyl (C=O) groups is 2. The average molecular weight is 711 g/mol. The molecule has 0 heterocycles. The number of phosphoric acid groups is 1. The van der Waals surface area contributed by atoms with Gasteiger partial charge in [-0.15, -0.1) is 0 Å². The molecule has 1 aliphatic carbocycles. The van der Waals surface area contributed by atoms with Gasteiger partial charge in [-0.3, -0.25) is 18.6 Å². The van der Waals surface area contributed by atoms with Gasteiger partial charge >= 0.3 is 19.8 Å². The molecule has 0 aliphatic heterocycles. The van der Waals surface area contributed by atoms with Gasteiger partial charge in [0.25, 0.3) is 0 Å². The Morgan fingerprint density at radius 3 is 1.65 bits per heavy atom. The third-order valence-corrected chi connectivity index (χ3v) is 9.34. The zero-order valence-corrected chi connectivity index (χ0v) is 29.9. The highest BCUT2D eigenvalue weighted by Crippen LogP contribution is 2.47. The van der Waals surface area contributed by atoms with Crippen molar-refractivity contribution in [1.82, 2.24) is 0 Å². The van der Waals surface area contributed by atoms with E-state index in [1.165, 1.54) is 32.1 Å². The summed E-state index contributed by atoms with van der Waals surface area (Å²) in [6.45, 7) is 3.16. The van der Waals surface area contributed by atoms with E-state index in [-0.39, 0.29) is 12.8 Å². The van der Waals surface area contributed by atoms with Gasteiger partial charge in [-0.1, -0.05) is 103 Å². The highest BCUT2D eigenvalue weighted by molar-refractivity contribution is 7.47. The molecule has 13 nitrogen and oxygen atoms in total. The van der Waals surface area contributed by atoms with Gasteiger partial charge in [0.2, 0.25) is 0 Å². The summed E-state index contributed by atoms with van der Waals surface area (Å²) < 4.78 is 33.1. The molecule has 8 atom stereocenters. The maximum Gasteiger partial charge on any atom is 0.472 e. The molecule has 0 radical (unpaired) electrons. The smallest absolute Gasteiger partial charge is 0.462 e. The number of hydrogen-bond acceptors (Lipinski definition) is 12. The van der Waals surface area contributed by atoms with E-state index in [2.05, 4.69) is 26.0 Å². The second-order valence-electron chi connectivity index (χ2n) is 12.7. The van der Waals surface area contributed by atoms with Crippen LogP contribution < -0.4 is 0 Å². The van der Waals surface area contributed by atoms with E-state index in [1.807, 2.05) is 0 Å². The molecule has 0 amide bonds. The Balaban J connectivity index is 2.58. The minimum absolute atomic E-state index is 0.0970. The summed E-state index contributed by atoms with van der Waals surface area (Å²) in [6, 6.07) is 0. The minimum atomic E-state index is -5.10. The lowest BCUT2D eigenvalue weighted by Crippen LogP contribution is -2.64. The van der Waals surface area contributed by atoms with Crippen molar-refractivity contribution in [2.24, 2.45) is 0 Å². The van der Waals surface area contributed by atoms with Crippen LogP contribution in [0.3, 0.4) is 0 Å². The highest BCUT2D eigenvalue weighted by Gasteiger charge is 2.51. The van der Waals surface area contributed by atoms with Gasteiger partial charge in [0.15, 0.2) is 6.10 Å². The van der Waals surface area contributed by atoms with Crippen molar-refractivity contribution < 1.29 is 63.1 Å². The van der Waals surface area contributed by atoms with Crippen LogP contribution in [0.4, 0.5) is 0 Å². The molecule has 1 saturated carbocycles.